The fourth-order valence-electron chi connectivity index (χ4n) is 5.51. The van der Waals surface area contributed by atoms with Gasteiger partial charge in [0.05, 0.1) is 18.3 Å². The van der Waals surface area contributed by atoms with Crippen molar-refractivity contribution < 1.29 is 33.1 Å². The second kappa shape index (κ2) is 11.8. The molecule has 1 aliphatic carbocycles. The summed E-state index contributed by atoms with van der Waals surface area (Å²) in [5.41, 5.74) is -0.188. The van der Waals surface area contributed by atoms with Crippen molar-refractivity contribution in [2.45, 2.75) is 110 Å². The summed E-state index contributed by atoms with van der Waals surface area (Å²) in [4.78, 5) is 26.7. The third kappa shape index (κ3) is 6.53. The second-order valence-corrected chi connectivity index (χ2v) is 13.3. The Morgan fingerprint density at radius 1 is 1.18 bits per heavy atom. The van der Waals surface area contributed by atoms with Crippen molar-refractivity contribution in [2.24, 2.45) is 17.3 Å². The SMILES string of the molecule is CCCCOC(=O)c1c(SC)ccc(CB2OC(C)C(C)(C3CC(C)C3(C)C)O2)c1OC(=O)OC(C)(C)C. The standard InChI is InChI=1S/C29H45BO7S/c1-11-12-15-33-25(31)23-21(38-10)14-13-20(24(23)34-26(32)35-27(4,5)6)17-30-36-19(3)29(9,37-30)22-16-18(2)28(22,7)8/h13-14,18-19,22H,11-12,15-17H2,1-10H3. The number of esters is 1. The summed E-state index contributed by atoms with van der Waals surface area (Å²) in [5, 5.41) is 0. The summed E-state index contributed by atoms with van der Waals surface area (Å²) >= 11 is 1.39. The number of ether oxygens (including phenoxy) is 3. The zero-order chi connectivity index (χ0) is 28.5. The van der Waals surface area contributed by atoms with Crippen molar-refractivity contribution in [3.05, 3.63) is 23.3 Å². The van der Waals surface area contributed by atoms with Gasteiger partial charge >= 0.3 is 19.2 Å². The van der Waals surface area contributed by atoms with E-state index in [9.17, 15) is 9.59 Å². The molecule has 1 aromatic carbocycles. The van der Waals surface area contributed by atoms with E-state index < -0.39 is 30.4 Å². The molecule has 4 atom stereocenters. The molecule has 1 saturated heterocycles. The van der Waals surface area contributed by atoms with E-state index in [2.05, 4.69) is 34.6 Å². The van der Waals surface area contributed by atoms with Gasteiger partial charge in [0.25, 0.3) is 0 Å². The molecular formula is C29H45BO7S. The molecule has 1 aliphatic heterocycles. The van der Waals surface area contributed by atoms with Crippen LogP contribution in [0.4, 0.5) is 4.79 Å². The van der Waals surface area contributed by atoms with Gasteiger partial charge < -0.3 is 23.5 Å². The van der Waals surface area contributed by atoms with Gasteiger partial charge in [-0.15, -0.1) is 11.8 Å². The average Bonchev–Trinajstić information content (AvgIpc) is 3.10. The first-order valence-electron chi connectivity index (χ1n) is 13.7. The Labute approximate surface area is 233 Å². The summed E-state index contributed by atoms with van der Waals surface area (Å²) in [7, 11) is -0.549. The fraction of sp³-hybridized carbons (Fsp3) is 0.724. The first kappa shape index (κ1) is 30.8. The third-order valence-corrected chi connectivity index (χ3v) is 9.10. The van der Waals surface area contributed by atoms with Crippen molar-refractivity contribution in [1.82, 2.24) is 0 Å². The molecule has 38 heavy (non-hydrogen) atoms. The molecule has 2 fully saturated rings. The van der Waals surface area contributed by atoms with Gasteiger partial charge in [-0.1, -0.05) is 40.2 Å². The summed E-state index contributed by atoms with van der Waals surface area (Å²) in [6.07, 6.45) is 3.93. The Morgan fingerprint density at radius 3 is 2.42 bits per heavy atom. The molecule has 9 heteroatoms. The highest BCUT2D eigenvalue weighted by Crippen LogP contribution is 2.58. The van der Waals surface area contributed by atoms with Crippen LogP contribution in [0.5, 0.6) is 5.75 Å². The molecule has 3 rings (SSSR count). The molecule has 0 spiro atoms. The first-order chi connectivity index (χ1) is 17.6. The third-order valence-electron chi connectivity index (χ3n) is 8.32. The minimum absolute atomic E-state index is 0.108. The number of hydrogen-bond acceptors (Lipinski definition) is 8. The van der Waals surface area contributed by atoms with Gasteiger partial charge in [-0.05, 0) is 82.6 Å². The van der Waals surface area contributed by atoms with Crippen LogP contribution in [0.1, 0.15) is 97.5 Å². The molecule has 0 aromatic heterocycles. The predicted octanol–water partition coefficient (Wildman–Crippen LogP) is 7.13. The normalized spacial score (nSPS) is 26.6. The highest BCUT2D eigenvalue weighted by Gasteiger charge is 2.60. The number of rotatable bonds is 9. The van der Waals surface area contributed by atoms with E-state index in [1.165, 1.54) is 11.8 Å². The number of benzene rings is 1. The van der Waals surface area contributed by atoms with E-state index in [1.807, 2.05) is 25.3 Å². The number of carbonyl (C=O) groups excluding carboxylic acids is 2. The number of thioether (sulfide) groups is 1. The van der Waals surface area contributed by atoms with Crippen LogP contribution < -0.4 is 4.74 Å². The quantitative estimate of drug-likeness (QED) is 0.106. The molecule has 0 N–H and O–H groups in total. The minimum atomic E-state index is -0.878. The molecule has 0 bridgehead atoms. The first-order valence-corrected chi connectivity index (χ1v) is 15.0. The maximum atomic E-state index is 13.2. The lowest BCUT2D eigenvalue weighted by Crippen LogP contribution is -2.58. The number of unbranched alkanes of at least 4 members (excludes halogenated alkanes) is 1. The van der Waals surface area contributed by atoms with Crippen LogP contribution in [0.3, 0.4) is 0 Å². The maximum absolute atomic E-state index is 13.2. The lowest BCUT2D eigenvalue weighted by Gasteiger charge is -2.58. The van der Waals surface area contributed by atoms with Gasteiger partial charge in [0, 0.05) is 11.2 Å². The van der Waals surface area contributed by atoms with Crippen molar-refractivity contribution in [1.29, 1.82) is 0 Å². The van der Waals surface area contributed by atoms with Crippen LogP contribution in [-0.4, -0.2) is 49.4 Å². The second-order valence-electron chi connectivity index (χ2n) is 12.4. The fourth-order valence-corrected chi connectivity index (χ4v) is 6.09. The highest BCUT2D eigenvalue weighted by molar-refractivity contribution is 7.98. The average molecular weight is 549 g/mol. The number of carbonyl (C=O) groups is 2. The molecule has 1 saturated carbocycles. The Kier molecular flexibility index (Phi) is 9.58. The Hall–Kier alpha value is -1.71. The van der Waals surface area contributed by atoms with Crippen LogP contribution in [0.2, 0.25) is 0 Å². The van der Waals surface area contributed by atoms with Gasteiger partial charge in [0.2, 0.25) is 0 Å². The van der Waals surface area contributed by atoms with Gasteiger partial charge in [-0.25, -0.2) is 9.59 Å². The van der Waals surface area contributed by atoms with E-state index in [4.69, 9.17) is 23.5 Å². The predicted molar refractivity (Wildman–Crippen MR) is 151 cm³/mol. The van der Waals surface area contributed by atoms with Crippen LogP contribution in [0.25, 0.3) is 0 Å². The molecule has 1 aromatic rings. The maximum Gasteiger partial charge on any atom is 0.514 e. The van der Waals surface area contributed by atoms with Crippen LogP contribution in [-0.2, 0) is 25.1 Å². The van der Waals surface area contributed by atoms with E-state index in [-0.39, 0.29) is 22.8 Å². The smallest absolute Gasteiger partial charge is 0.462 e. The minimum Gasteiger partial charge on any atom is -0.462 e. The van der Waals surface area contributed by atoms with E-state index in [0.29, 0.717) is 35.2 Å². The molecule has 7 nitrogen and oxygen atoms in total. The topological polar surface area (TPSA) is 80.3 Å². The molecule has 4 unspecified atom stereocenters. The Morgan fingerprint density at radius 2 is 1.87 bits per heavy atom. The van der Waals surface area contributed by atoms with E-state index >= 15 is 0 Å². The molecule has 1 heterocycles. The van der Waals surface area contributed by atoms with E-state index in [0.717, 1.165) is 19.3 Å². The van der Waals surface area contributed by atoms with Crippen molar-refractivity contribution in [3.63, 3.8) is 0 Å². The summed E-state index contributed by atoms with van der Waals surface area (Å²) in [6.45, 7) is 18.7. The van der Waals surface area contributed by atoms with Crippen LogP contribution in [0.15, 0.2) is 17.0 Å². The van der Waals surface area contributed by atoms with Gasteiger partial charge in [0.1, 0.15) is 11.2 Å². The van der Waals surface area contributed by atoms with Crippen LogP contribution in [0, 0.1) is 17.3 Å². The van der Waals surface area contributed by atoms with Crippen molar-refractivity contribution in [3.8, 4) is 5.75 Å². The molecule has 0 amide bonds. The van der Waals surface area contributed by atoms with Crippen molar-refractivity contribution >= 4 is 31.0 Å². The largest absolute Gasteiger partial charge is 0.514 e. The van der Waals surface area contributed by atoms with Gasteiger partial charge in [-0.2, -0.15) is 0 Å². The van der Waals surface area contributed by atoms with E-state index in [1.54, 1.807) is 20.8 Å². The van der Waals surface area contributed by atoms with Gasteiger partial charge in [0.15, 0.2) is 5.75 Å². The molecular weight excluding hydrogens is 503 g/mol. The zero-order valence-corrected chi connectivity index (χ0v) is 25.6. The number of hydrogen-bond donors (Lipinski definition) is 0. The summed E-state index contributed by atoms with van der Waals surface area (Å²) < 4.78 is 29.7. The molecule has 212 valence electrons. The van der Waals surface area contributed by atoms with Crippen LogP contribution >= 0.6 is 11.8 Å². The highest BCUT2D eigenvalue weighted by atomic mass is 32.2. The lowest BCUT2D eigenvalue weighted by atomic mass is 9.50. The Balaban J connectivity index is 1.93. The van der Waals surface area contributed by atoms with Gasteiger partial charge in [-0.3, -0.25) is 0 Å². The Bertz CT molecular complexity index is 1020. The van der Waals surface area contributed by atoms with Crippen molar-refractivity contribution in [2.75, 3.05) is 12.9 Å². The summed E-state index contributed by atoms with van der Waals surface area (Å²) in [6, 6.07) is 3.71. The summed E-state index contributed by atoms with van der Waals surface area (Å²) in [5.74, 6) is 0.595. The zero-order valence-electron chi connectivity index (χ0n) is 24.8. The lowest BCUT2D eigenvalue weighted by molar-refractivity contribution is -0.137. The monoisotopic (exact) mass is 548 g/mol. The molecule has 0 radical (unpaired) electrons. The molecule has 2 aliphatic rings.